The van der Waals surface area contributed by atoms with Crippen LogP contribution in [0.15, 0.2) is 0 Å². The van der Waals surface area contributed by atoms with Gasteiger partial charge in [0, 0.05) is 17.9 Å². The second-order valence-electron chi connectivity index (χ2n) is 5.10. The highest BCUT2D eigenvalue weighted by atomic mass is 16.2. The molecule has 0 aromatic rings. The topological polar surface area (TPSA) is 37.4 Å². The van der Waals surface area contributed by atoms with Crippen molar-refractivity contribution in [3.63, 3.8) is 0 Å². The molecular formula is C11H17NO2. The third-order valence-corrected chi connectivity index (χ3v) is 3.25. The lowest BCUT2D eigenvalue weighted by Crippen LogP contribution is -2.35. The van der Waals surface area contributed by atoms with Gasteiger partial charge in [0.1, 0.15) is 0 Å². The second-order valence-corrected chi connectivity index (χ2v) is 5.10. The van der Waals surface area contributed by atoms with Gasteiger partial charge >= 0.3 is 0 Å². The first-order chi connectivity index (χ1) is 6.50. The van der Waals surface area contributed by atoms with Gasteiger partial charge in [-0.05, 0) is 19.3 Å². The molecule has 1 saturated carbocycles. The summed E-state index contributed by atoms with van der Waals surface area (Å²) >= 11 is 0. The van der Waals surface area contributed by atoms with Crippen molar-refractivity contribution in [2.75, 3.05) is 13.1 Å². The average molecular weight is 195 g/mol. The molecule has 0 aromatic heterocycles. The Kier molecular flexibility index (Phi) is 2.13. The first kappa shape index (κ1) is 9.69. The molecule has 0 atom stereocenters. The van der Waals surface area contributed by atoms with E-state index < -0.39 is 0 Å². The Morgan fingerprint density at radius 2 is 2.14 bits per heavy atom. The Bertz CT molecular complexity index is 279. The first-order valence-electron chi connectivity index (χ1n) is 5.33. The lowest BCUT2D eigenvalue weighted by molar-refractivity contribution is -0.137. The van der Waals surface area contributed by atoms with Gasteiger partial charge in [-0.15, -0.1) is 0 Å². The quantitative estimate of drug-likeness (QED) is 0.679. The van der Waals surface area contributed by atoms with Crippen LogP contribution >= 0.6 is 0 Å². The highest BCUT2D eigenvalue weighted by Crippen LogP contribution is 2.33. The number of rotatable bonds is 3. The van der Waals surface area contributed by atoms with Gasteiger partial charge in [0.25, 0.3) is 0 Å². The molecule has 0 bridgehead atoms. The number of nitrogens with zero attached hydrogens (tertiary/aromatic N) is 1. The number of Topliss-reactive ketones (excluding diaryl/α,β-unsaturated/α-hetero) is 1. The summed E-state index contributed by atoms with van der Waals surface area (Å²) in [5.41, 5.74) is -0.246. The van der Waals surface area contributed by atoms with Gasteiger partial charge in [0.2, 0.25) is 5.91 Å². The molecule has 1 heterocycles. The van der Waals surface area contributed by atoms with Crippen LogP contribution in [-0.4, -0.2) is 29.7 Å². The zero-order chi connectivity index (χ0) is 10.3. The third-order valence-electron chi connectivity index (χ3n) is 3.25. The Balaban J connectivity index is 1.93. The maximum Gasteiger partial charge on any atom is 0.228 e. The predicted molar refractivity (Wildman–Crippen MR) is 52.7 cm³/mol. The Hall–Kier alpha value is -0.860. The highest BCUT2D eigenvalue weighted by Gasteiger charge is 2.40. The second kappa shape index (κ2) is 3.07. The van der Waals surface area contributed by atoms with Gasteiger partial charge in [-0.2, -0.15) is 0 Å². The van der Waals surface area contributed by atoms with Crippen LogP contribution in [-0.2, 0) is 9.59 Å². The fourth-order valence-electron chi connectivity index (χ4n) is 1.92. The molecule has 1 amide bonds. The van der Waals surface area contributed by atoms with E-state index in [4.69, 9.17) is 0 Å². The number of ketones is 1. The van der Waals surface area contributed by atoms with Crippen molar-refractivity contribution in [2.45, 2.75) is 33.1 Å². The molecule has 0 spiro atoms. The first-order valence-corrected chi connectivity index (χ1v) is 5.33. The third kappa shape index (κ3) is 1.68. The smallest absolute Gasteiger partial charge is 0.228 e. The lowest BCUT2D eigenvalue weighted by atomic mass is 9.92. The van der Waals surface area contributed by atoms with E-state index in [0.29, 0.717) is 6.54 Å². The molecule has 0 aromatic carbocycles. The van der Waals surface area contributed by atoms with Crippen molar-refractivity contribution in [3.8, 4) is 0 Å². The van der Waals surface area contributed by atoms with Crippen molar-refractivity contribution >= 4 is 11.7 Å². The number of likely N-dealkylation sites (tertiary alicyclic amines) is 1. The Morgan fingerprint density at radius 3 is 2.57 bits per heavy atom. The minimum Gasteiger partial charge on any atom is -0.335 e. The van der Waals surface area contributed by atoms with Crippen LogP contribution < -0.4 is 0 Å². The molecule has 0 N–H and O–H groups in total. The van der Waals surface area contributed by atoms with Gasteiger partial charge < -0.3 is 4.90 Å². The van der Waals surface area contributed by atoms with E-state index in [9.17, 15) is 9.59 Å². The minimum atomic E-state index is -0.246. The van der Waals surface area contributed by atoms with E-state index in [2.05, 4.69) is 0 Å². The molecule has 78 valence electrons. The minimum absolute atomic E-state index is 0.145. The van der Waals surface area contributed by atoms with E-state index >= 15 is 0 Å². The predicted octanol–water partition coefficient (Wildman–Crippen LogP) is 1.22. The molecule has 0 unspecified atom stereocenters. The highest BCUT2D eigenvalue weighted by molar-refractivity contribution is 5.91. The van der Waals surface area contributed by atoms with Crippen LogP contribution in [0.2, 0.25) is 0 Å². The van der Waals surface area contributed by atoms with Crippen LogP contribution in [0, 0.1) is 11.3 Å². The number of carbonyl (C=O) groups excluding carboxylic acids is 2. The maximum absolute atomic E-state index is 11.8. The molecule has 2 aliphatic rings. The van der Waals surface area contributed by atoms with E-state index in [-0.39, 0.29) is 23.0 Å². The van der Waals surface area contributed by atoms with Crippen molar-refractivity contribution in [2.24, 2.45) is 11.3 Å². The molecule has 3 nitrogen and oxygen atoms in total. The summed E-state index contributed by atoms with van der Waals surface area (Å²) in [6.07, 6.45) is 2.94. The Morgan fingerprint density at radius 1 is 1.50 bits per heavy atom. The largest absolute Gasteiger partial charge is 0.335 e. The molecule has 0 radical (unpaired) electrons. The number of hydrogen-bond acceptors (Lipinski definition) is 2. The van der Waals surface area contributed by atoms with Crippen LogP contribution in [0.4, 0.5) is 0 Å². The summed E-state index contributed by atoms with van der Waals surface area (Å²) < 4.78 is 0. The molecule has 1 aliphatic heterocycles. The van der Waals surface area contributed by atoms with Gasteiger partial charge in [-0.3, -0.25) is 9.59 Å². The maximum atomic E-state index is 11.8. The van der Waals surface area contributed by atoms with Crippen LogP contribution in [0.3, 0.4) is 0 Å². The van der Waals surface area contributed by atoms with E-state index in [1.54, 1.807) is 4.90 Å². The molecule has 2 fully saturated rings. The van der Waals surface area contributed by atoms with E-state index in [1.807, 2.05) is 13.8 Å². The zero-order valence-corrected chi connectivity index (χ0v) is 8.88. The molecule has 3 heteroatoms. The fraction of sp³-hybridized carbons (Fsp3) is 0.818. The molecule has 2 rings (SSSR count). The van der Waals surface area contributed by atoms with Crippen molar-refractivity contribution in [1.29, 1.82) is 0 Å². The van der Waals surface area contributed by atoms with Crippen molar-refractivity contribution in [3.05, 3.63) is 0 Å². The summed E-state index contributed by atoms with van der Waals surface area (Å²) in [6, 6.07) is 0. The summed E-state index contributed by atoms with van der Waals surface area (Å²) in [4.78, 5) is 25.0. The van der Waals surface area contributed by atoms with Crippen molar-refractivity contribution in [1.82, 2.24) is 4.90 Å². The zero-order valence-electron chi connectivity index (χ0n) is 8.88. The van der Waals surface area contributed by atoms with Gasteiger partial charge in [-0.25, -0.2) is 0 Å². The average Bonchev–Trinajstić information content (AvgIpc) is 2.90. The lowest BCUT2D eigenvalue weighted by Gasteiger charge is -2.18. The number of hydrogen-bond donors (Lipinski definition) is 0. The SMILES string of the molecule is CC1(C)CCN(CC(=O)C2CC2)C1=O. The van der Waals surface area contributed by atoms with E-state index in [0.717, 1.165) is 25.8 Å². The van der Waals surface area contributed by atoms with E-state index in [1.165, 1.54) is 0 Å². The molecular weight excluding hydrogens is 178 g/mol. The summed E-state index contributed by atoms with van der Waals surface area (Å²) in [5.74, 6) is 0.675. The molecule has 1 saturated heterocycles. The van der Waals surface area contributed by atoms with Gasteiger partial charge in [0.05, 0.1) is 6.54 Å². The Labute approximate surface area is 84.5 Å². The fourth-order valence-corrected chi connectivity index (χ4v) is 1.92. The number of carbonyl (C=O) groups is 2. The van der Waals surface area contributed by atoms with Gasteiger partial charge in [-0.1, -0.05) is 13.8 Å². The van der Waals surface area contributed by atoms with Gasteiger partial charge in [0.15, 0.2) is 5.78 Å². The van der Waals surface area contributed by atoms with Crippen LogP contribution in [0.5, 0.6) is 0 Å². The monoisotopic (exact) mass is 195 g/mol. The summed E-state index contributed by atoms with van der Waals surface area (Å²) in [7, 11) is 0. The van der Waals surface area contributed by atoms with Crippen LogP contribution in [0.25, 0.3) is 0 Å². The summed E-state index contributed by atoms with van der Waals surface area (Å²) in [6.45, 7) is 5.02. The number of amides is 1. The normalized spacial score (nSPS) is 25.6. The standard InChI is InChI=1S/C11H17NO2/c1-11(2)5-6-12(10(11)14)7-9(13)8-3-4-8/h8H,3-7H2,1-2H3. The van der Waals surface area contributed by atoms with Crippen LogP contribution in [0.1, 0.15) is 33.1 Å². The molecule has 1 aliphatic carbocycles. The van der Waals surface area contributed by atoms with Crippen molar-refractivity contribution < 1.29 is 9.59 Å². The molecule has 14 heavy (non-hydrogen) atoms. The summed E-state index contributed by atoms with van der Waals surface area (Å²) in [5, 5.41) is 0.